The number of nitrogens with two attached hydrogens (primary N) is 2. The topological polar surface area (TPSA) is 191 Å². The number of nitrogens with zero attached hydrogens (tertiary/aromatic N) is 2. The first-order valence-electron chi connectivity index (χ1n) is 10.8. The maximum absolute atomic E-state index is 13.7. The van der Waals surface area contributed by atoms with Crippen LogP contribution < -0.4 is 16.4 Å². The smallest absolute Gasteiger partial charge is 0.255 e. The highest BCUT2D eigenvalue weighted by Crippen LogP contribution is 2.55. The SMILES string of the molecule is Br.CN(C)c1c(Br)c(N)c(O)c2c1CC1CC3[C@H](N(C)C)C(O)=C(C(N)=O)C(=O)C3(O)C(O)=C1C2=O. The average Bonchev–Trinajstić information content (AvgIpc) is 2.74. The fraction of sp³-hybridized carbons (Fsp3) is 0.435. The minimum atomic E-state index is -2.68. The number of hydrogen-bond acceptors (Lipinski definition) is 10. The molecule has 3 aliphatic rings. The summed E-state index contributed by atoms with van der Waals surface area (Å²) in [6.07, 6.45) is 0.190. The minimum absolute atomic E-state index is 0. The van der Waals surface area contributed by atoms with Crippen LogP contribution in [0.15, 0.2) is 27.1 Å². The third-order valence-electron chi connectivity index (χ3n) is 7.29. The molecule has 1 aromatic rings. The molecule has 4 atom stereocenters. The lowest BCUT2D eigenvalue weighted by Gasteiger charge is -2.50. The Morgan fingerprint density at radius 2 is 1.72 bits per heavy atom. The lowest BCUT2D eigenvalue weighted by molar-refractivity contribution is -0.148. The van der Waals surface area contributed by atoms with E-state index in [0.29, 0.717) is 15.7 Å². The number of carbonyl (C=O) groups is 3. The average molecular weight is 632 g/mol. The molecule has 0 saturated heterocycles. The number of rotatable bonds is 3. The fourth-order valence-electron chi connectivity index (χ4n) is 5.82. The van der Waals surface area contributed by atoms with Crippen molar-refractivity contribution in [1.82, 2.24) is 4.90 Å². The summed E-state index contributed by atoms with van der Waals surface area (Å²) in [6, 6.07) is -1.04. The first kappa shape index (κ1) is 28.0. The van der Waals surface area contributed by atoms with Crippen LogP contribution >= 0.6 is 32.9 Å². The Kier molecular flexibility index (Phi) is 7.03. The number of allylic oxidation sites excluding steroid dienone is 1. The summed E-state index contributed by atoms with van der Waals surface area (Å²) in [4.78, 5) is 42.2. The number of aliphatic hydroxyl groups excluding tert-OH is 2. The van der Waals surface area contributed by atoms with E-state index in [2.05, 4.69) is 15.9 Å². The number of halogens is 2. The number of likely N-dealkylation sites (N-methyl/N-ethyl adjacent to an activating group) is 1. The van der Waals surface area contributed by atoms with Gasteiger partial charge >= 0.3 is 0 Å². The van der Waals surface area contributed by atoms with Crippen molar-refractivity contribution in [1.29, 1.82) is 0 Å². The van der Waals surface area contributed by atoms with Crippen molar-refractivity contribution in [3.8, 4) is 5.75 Å². The highest BCUT2D eigenvalue weighted by Gasteiger charge is 2.63. The van der Waals surface area contributed by atoms with E-state index in [1.165, 1.54) is 4.90 Å². The summed E-state index contributed by atoms with van der Waals surface area (Å²) in [7, 11) is 6.66. The number of primary amides is 1. The number of carbonyl (C=O) groups excluding carboxylic acids is 3. The summed E-state index contributed by atoms with van der Waals surface area (Å²) < 4.78 is 0.404. The highest BCUT2D eigenvalue weighted by molar-refractivity contribution is 9.10. The Morgan fingerprint density at radius 3 is 2.22 bits per heavy atom. The van der Waals surface area contributed by atoms with E-state index in [-0.39, 0.29) is 46.6 Å². The Bertz CT molecular complexity index is 1270. The number of phenolic OH excluding ortho intramolecular Hbond substituents is 1. The molecule has 1 aromatic carbocycles. The van der Waals surface area contributed by atoms with Crippen LogP contribution in [0.25, 0.3) is 0 Å². The third-order valence-corrected chi connectivity index (χ3v) is 8.09. The van der Waals surface area contributed by atoms with E-state index < -0.39 is 63.8 Å². The molecule has 1 amide bonds. The molecule has 3 aliphatic carbocycles. The first-order valence-corrected chi connectivity index (χ1v) is 11.6. The van der Waals surface area contributed by atoms with Crippen LogP contribution in [0.1, 0.15) is 22.3 Å². The molecule has 0 saturated carbocycles. The first-order chi connectivity index (χ1) is 16.2. The van der Waals surface area contributed by atoms with Gasteiger partial charge in [-0.2, -0.15) is 0 Å². The predicted octanol–water partition coefficient (Wildman–Crippen LogP) is 1.11. The molecule has 0 aromatic heterocycles. The summed E-state index contributed by atoms with van der Waals surface area (Å²) in [6.45, 7) is 0. The van der Waals surface area contributed by atoms with Crippen LogP contribution in [-0.4, -0.2) is 82.6 Å². The number of anilines is 2. The van der Waals surface area contributed by atoms with Crippen LogP contribution in [0.4, 0.5) is 11.4 Å². The van der Waals surface area contributed by atoms with Crippen molar-refractivity contribution in [2.24, 2.45) is 17.6 Å². The molecule has 13 heteroatoms. The normalized spacial score (nSPS) is 27.4. The number of aromatic hydroxyl groups is 1. The molecule has 0 fully saturated rings. The van der Waals surface area contributed by atoms with Gasteiger partial charge in [0.1, 0.15) is 17.1 Å². The van der Waals surface area contributed by atoms with Gasteiger partial charge in [-0.25, -0.2) is 0 Å². The number of ketones is 2. The predicted molar refractivity (Wildman–Crippen MR) is 140 cm³/mol. The Balaban J connectivity index is 0.00000361. The van der Waals surface area contributed by atoms with E-state index in [1.807, 2.05) is 0 Å². The molecule has 0 aliphatic heterocycles. The van der Waals surface area contributed by atoms with Gasteiger partial charge in [0.2, 0.25) is 5.78 Å². The summed E-state index contributed by atoms with van der Waals surface area (Å²) in [5.41, 5.74) is 8.48. The van der Waals surface area contributed by atoms with Crippen molar-refractivity contribution >= 4 is 61.8 Å². The molecular weight excluding hydrogens is 604 g/mol. The van der Waals surface area contributed by atoms with Crippen molar-refractivity contribution < 1.29 is 34.8 Å². The van der Waals surface area contributed by atoms with Crippen molar-refractivity contribution in [2.45, 2.75) is 24.5 Å². The second-order valence-corrected chi connectivity index (χ2v) is 10.4. The zero-order valence-corrected chi connectivity index (χ0v) is 23.3. The number of fused-ring (bicyclic) bond motifs is 3. The summed E-state index contributed by atoms with van der Waals surface area (Å²) in [5.74, 6) is -7.07. The van der Waals surface area contributed by atoms with Gasteiger partial charge in [0.05, 0.1) is 27.5 Å². The van der Waals surface area contributed by atoms with Gasteiger partial charge in [0.15, 0.2) is 17.1 Å². The molecule has 0 spiro atoms. The number of amides is 1. The number of aliphatic hydroxyl groups is 3. The second kappa shape index (κ2) is 9.05. The van der Waals surface area contributed by atoms with Crippen LogP contribution in [0.2, 0.25) is 0 Å². The molecule has 0 heterocycles. The van der Waals surface area contributed by atoms with Crippen molar-refractivity contribution in [3.05, 3.63) is 38.3 Å². The number of phenols is 1. The Morgan fingerprint density at radius 1 is 1.14 bits per heavy atom. The van der Waals surface area contributed by atoms with Gasteiger partial charge in [-0.3, -0.25) is 19.3 Å². The van der Waals surface area contributed by atoms with Crippen molar-refractivity contribution in [3.63, 3.8) is 0 Å². The molecule has 4 rings (SSSR count). The number of hydrogen-bond donors (Lipinski definition) is 6. The lowest BCUT2D eigenvalue weighted by atomic mass is 9.58. The van der Waals surface area contributed by atoms with Gasteiger partial charge in [-0.05, 0) is 54.3 Å². The van der Waals surface area contributed by atoms with E-state index in [0.717, 1.165) is 0 Å². The van der Waals surface area contributed by atoms with Crippen LogP contribution in [0.5, 0.6) is 5.75 Å². The quantitative estimate of drug-likeness (QED) is 0.160. The molecule has 11 nitrogen and oxygen atoms in total. The fourth-order valence-corrected chi connectivity index (χ4v) is 6.60. The summed E-state index contributed by atoms with van der Waals surface area (Å²) >= 11 is 3.39. The molecular formula is C23H28Br2N4O7. The number of Topliss-reactive ketones (excluding diaryl/α,β-unsaturated/α-hetero) is 2. The van der Waals surface area contributed by atoms with E-state index in [9.17, 15) is 34.8 Å². The minimum Gasteiger partial charge on any atom is -0.510 e. The van der Waals surface area contributed by atoms with Crippen molar-refractivity contribution in [2.75, 3.05) is 38.8 Å². The summed E-state index contributed by atoms with van der Waals surface area (Å²) in [5, 5.41) is 44.4. The zero-order chi connectivity index (χ0) is 26.3. The lowest BCUT2D eigenvalue weighted by Crippen LogP contribution is -2.63. The molecule has 36 heavy (non-hydrogen) atoms. The van der Waals surface area contributed by atoms with E-state index in [1.54, 1.807) is 33.1 Å². The number of benzene rings is 1. The number of nitrogen functional groups attached to an aromatic ring is 1. The van der Waals surface area contributed by atoms with Gasteiger partial charge in [0.25, 0.3) is 5.91 Å². The van der Waals surface area contributed by atoms with Gasteiger partial charge in [-0.15, -0.1) is 17.0 Å². The van der Waals surface area contributed by atoms with Gasteiger partial charge in [0, 0.05) is 25.6 Å². The van der Waals surface area contributed by atoms with Crippen LogP contribution in [0.3, 0.4) is 0 Å². The largest absolute Gasteiger partial charge is 0.510 e. The zero-order valence-electron chi connectivity index (χ0n) is 20.0. The van der Waals surface area contributed by atoms with E-state index >= 15 is 0 Å². The maximum atomic E-state index is 13.7. The Hall–Kier alpha value is -2.61. The molecule has 3 unspecified atom stereocenters. The monoisotopic (exact) mass is 630 g/mol. The Labute approximate surface area is 225 Å². The molecule has 0 radical (unpaired) electrons. The molecule has 0 bridgehead atoms. The van der Waals surface area contributed by atoms with E-state index in [4.69, 9.17) is 11.5 Å². The third kappa shape index (κ3) is 3.47. The highest BCUT2D eigenvalue weighted by atomic mass is 79.9. The second-order valence-electron chi connectivity index (χ2n) is 9.64. The van der Waals surface area contributed by atoms with Gasteiger partial charge < -0.3 is 36.8 Å². The van der Waals surface area contributed by atoms with Crippen LogP contribution in [0, 0.1) is 11.8 Å². The van der Waals surface area contributed by atoms with Gasteiger partial charge in [-0.1, -0.05) is 0 Å². The molecule has 196 valence electrons. The van der Waals surface area contributed by atoms with Crippen LogP contribution in [-0.2, 0) is 16.0 Å². The molecule has 8 N–H and O–H groups in total. The maximum Gasteiger partial charge on any atom is 0.255 e. The standard InChI is InChI=1S/C23H27BrN4O7.BrH/c1-27(2)15-8-5-7-6-9-16(28(3)4)19(31)12(22(26)34)21(33)23(9,35)20(32)10(7)17(29)11(8)18(30)14(25)13(15)24;/h7,9,16,30-32,35H,5-6,25H2,1-4H3,(H2,26,34);1H/t7?,9?,16-,23?;/m0./s1.